The van der Waals surface area contributed by atoms with Crippen LogP contribution >= 0.6 is 11.3 Å². The second-order valence-corrected chi connectivity index (χ2v) is 7.78. The zero-order valence-electron chi connectivity index (χ0n) is 17.1. The number of aliphatic imine (C=N–C) groups is 1. The highest BCUT2D eigenvalue weighted by Crippen LogP contribution is 2.40. The van der Waals surface area contributed by atoms with Gasteiger partial charge in [0, 0.05) is 11.8 Å². The lowest BCUT2D eigenvalue weighted by molar-refractivity contribution is 0.414. The van der Waals surface area contributed by atoms with E-state index in [1.54, 1.807) is 25.6 Å². The Hall–Kier alpha value is -3.44. The molecule has 1 heterocycles. The van der Waals surface area contributed by atoms with Gasteiger partial charge in [0.25, 0.3) is 0 Å². The number of hydrogen-bond acceptors (Lipinski definition) is 5. The van der Waals surface area contributed by atoms with Gasteiger partial charge in [-0.25, -0.2) is 9.98 Å². The van der Waals surface area contributed by atoms with Crippen molar-refractivity contribution in [3.05, 3.63) is 83.9 Å². The molecule has 0 saturated heterocycles. The minimum atomic E-state index is 0.715. The molecule has 5 heteroatoms. The van der Waals surface area contributed by atoms with Crippen LogP contribution in [0.5, 0.6) is 11.5 Å². The van der Waals surface area contributed by atoms with Crippen molar-refractivity contribution in [1.82, 2.24) is 4.98 Å². The Morgan fingerprint density at radius 1 is 0.767 bits per heavy atom. The maximum absolute atomic E-state index is 5.30. The van der Waals surface area contributed by atoms with E-state index in [1.807, 2.05) is 54.7 Å². The van der Waals surface area contributed by atoms with Crippen molar-refractivity contribution in [3.63, 3.8) is 0 Å². The average molecular weight is 415 g/mol. The van der Waals surface area contributed by atoms with E-state index in [-0.39, 0.29) is 0 Å². The SMILES string of the molecule is COc1ccc(-c2nc(N=Cc3ccc(C)cc3)sc2-c2ccc(OC)cc2)cc1. The first-order chi connectivity index (χ1) is 14.7. The van der Waals surface area contributed by atoms with Crippen LogP contribution in [0.15, 0.2) is 77.8 Å². The van der Waals surface area contributed by atoms with E-state index >= 15 is 0 Å². The number of methoxy groups -OCH3 is 2. The fourth-order valence-corrected chi connectivity index (χ4v) is 3.97. The van der Waals surface area contributed by atoms with Crippen LogP contribution in [0.2, 0.25) is 0 Å². The lowest BCUT2D eigenvalue weighted by Crippen LogP contribution is -1.86. The Kier molecular flexibility index (Phi) is 5.91. The molecule has 0 aliphatic rings. The molecule has 1 aromatic heterocycles. The molecular formula is C25H22N2O2S. The van der Waals surface area contributed by atoms with Gasteiger partial charge in [0.1, 0.15) is 11.5 Å². The Labute approximate surface area is 180 Å². The largest absolute Gasteiger partial charge is 0.497 e. The van der Waals surface area contributed by atoms with E-state index in [0.717, 1.165) is 38.8 Å². The molecule has 4 rings (SSSR count). The van der Waals surface area contributed by atoms with Crippen molar-refractivity contribution in [1.29, 1.82) is 0 Å². The molecule has 0 bridgehead atoms. The second-order valence-electron chi connectivity index (χ2n) is 6.80. The average Bonchev–Trinajstić information content (AvgIpc) is 3.23. The van der Waals surface area contributed by atoms with E-state index in [0.29, 0.717) is 5.13 Å². The molecule has 0 spiro atoms. The molecule has 0 amide bonds. The number of thiazole rings is 1. The monoisotopic (exact) mass is 414 g/mol. The normalized spacial score (nSPS) is 11.0. The van der Waals surface area contributed by atoms with Crippen LogP contribution < -0.4 is 9.47 Å². The number of rotatable bonds is 6. The van der Waals surface area contributed by atoms with Crippen molar-refractivity contribution in [3.8, 4) is 33.2 Å². The van der Waals surface area contributed by atoms with Crippen LogP contribution in [0.3, 0.4) is 0 Å². The number of aromatic nitrogens is 1. The maximum Gasteiger partial charge on any atom is 0.210 e. The van der Waals surface area contributed by atoms with Gasteiger partial charge in [-0.05, 0) is 66.6 Å². The third-order valence-electron chi connectivity index (χ3n) is 4.73. The van der Waals surface area contributed by atoms with Gasteiger partial charge in [-0.2, -0.15) is 0 Å². The van der Waals surface area contributed by atoms with E-state index in [2.05, 4.69) is 36.2 Å². The minimum Gasteiger partial charge on any atom is -0.497 e. The van der Waals surface area contributed by atoms with E-state index in [1.165, 1.54) is 5.56 Å². The van der Waals surface area contributed by atoms with Gasteiger partial charge in [0.15, 0.2) is 0 Å². The summed E-state index contributed by atoms with van der Waals surface area (Å²) in [4.78, 5) is 10.5. The van der Waals surface area contributed by atoms with Crippen molar-refractivity contribution >= 4 is 22.7 Å². The number of nitrogens with zero attached hydrogens (tertiary/aromatic N) is 2. The summed E-state index contributed by atoms with van der Waals surface area (Å²) in [5, 5.41) is 0.715. The van der Waals surface area contributed by atoms with Gasteiger partial charge in [-0.15, -0.1) is 0 Å². The quantitative estimate of drug-likeness (QED) is 0.336. The number of aryl methyl sites for hydroxylation is 1. The summed E-state index contributed by atoms with van der Waals surface area (Å²) in [6.07, 6.45) is 1.86. The highest BCUT2D eigenvalue weighted by molar-refractivity contribution is 7.19. The summed E-state index contributed by atoms with van der Waals surface area (Å²) in [5.41, 5.74) is 5.28. The fourth-order valence-electron chi connectivity index (χ4n) is 3.03. The summed E-state index contributed by atoms with van der Waals surface area (Å²) in [7, 11) is 3.33. The third-order valence-corrected chi connectivity index (χ3v) is 5.75. The Morgan fingerprint density at radius 3 is 1.90 bits per heavy atom. The summed E-state index contributed by atoms with van der Waals surface area (Å²) < 4.78 is 10.6. The zero-order valence-corrected chi connectivity index (χ0v) is 17.9. The van der Waals surface area contributed by atoms with Crippen LogP contribution in [-0.2, 0) is 0 Å². The highest BCUT2D eigenvalue weighted by atomic mass is 32.1. The second kappa shape index (κ2) is 8.93. The Balaban J connectivity index is 1.74. The van der Waals surface area contributed by atoms with Crippen LogP contribution in [0.1, 0.15) is 11.1 Å². The fraction of sp³-hybridized carbons (Fsp3) is 0.120. The van der Waals surface area contributed by atoms with E-state index < -0.39 is 0 Å². The summed E-state index contributed by atoms with van der Waals surface area (Å²) in [6, 6.07) is 24.2. The molecule has 30 heavy (non-hydrogen) atoms. The molecule has 4 nitrogen and oxygen atoms in total. The molecule has 0 aliphatic heterocycles. The third kappa shape index (κ3) is 4.42. The van der Waals surface area contributed by atoms with Crippen molar-refractivity contribution < 1.29 is 9.47 Å². The lowest BCUT2D eigenvalue weighted by Gasteiger charge is -2.05. The van der Waals surface area contributed by atoms with E-state index in [9.17, 15) is 0 Å². The standard InChI is InChI=1S/C25H22N2O2S/c1-17-4-6-18(7-5-17)16-26-25-27-23(19-8-12-21(28-2)13-9-19)24(30-25)20-10-14-22(29-3)15-11-20/h4-16H,1-3H3. The molecular weight excluding hydrogens is 392 g/mol. The maximum atomic E-state index is 5.30. The summed E-state index contributed by atoms with van der Waals surface area (Å²) >= 11 is 1.57. The van der Waals surface area contributed by atoms with Crippen molar-refractivity contribution in [2.75, 3.05) is 14.2 Å². The van der Waals surface area contributed by atoms with Crippen LogP contribution in [0.4, 0.5) is 5.13 Å². The Morgan fingerprint density at radius 2 is 1.33 bits per heavy atom. The van der Waals surface area contributed by atoms with Gasteiger partial charge in [0.2, 0.25) is 5.13 Å². The van der Waals surface area contributed by atoms with Crippen molar-refractivity contribution in [2.45, 2.75) is 6.92 Å². The molecule has 4 aromatic rings. The van der Waals surface area contributed by atoms with Crippen LogP contribution in [0.25, 0.3) is 21.7 Å². The van der Waals surface area contributed by atoms with Gasteiger partial charge in [0.05, 0.1) is 24.8 Å². The molecule has 0 aliphatic carbocycles. The first kappa shape index (κ1) is 19.9. The van der Waals surface area contributed by atoms with Gasteiger partial charge < -0.3 is 9.47 Å². The molecule has 0 fully saturated rings. The molecule has 0 saturated carbocycles. The van der Waals surface area contributed by atoms with Crippen molar-refractivity contribution in [2.24, 2.45) is 4.99 Å². The smallest absolute Gasteiger partial charge is 0.210 e. The van der Waals surface area contributed by atoms with Gasteiger partial charge >= 0.3 is 0 Å². The first-order valence-corrected chi connectivity index (χ1v) is 10.4. The molecule has 150 valence electrons. The van der Waals surface area contributed by atoms with Crippen LogP contribution in [-0.4, -0.2) is 25.4 Å². The lowest BCUT2D eigenvalue weighted by atomic mass is 10.1. The predicted octanol–water partition coefficient (Wildman–Crippen LogP) is 6.55. The van der Waals surface area contributed by atoms with E-state index in [4.69, 9.17) is 14.5 Å². The molecule has 0 unspecified atom stereocenters. The van der Waals surface area contributed by atoms with Gasteiger partial charge in [-0.3, -0.25) is 0 Å². The molecule has 0 atom stereocenters. The number of ether oxygens (including phenoxy) is 2. The minimum absolute atomic E-state index is 0.715. The number of benzene rings is 3. The highest BCUT2D eigenvalue weighted by Gasteiger charge is 2.15. The molecule has 3 aromatic carbocycles. The van der Waals surface area contributed by atoms with Crippen LogP contribution in [0, 0.1) is 6.92 Å². The zero-order chi connectivity index (χ0) is 20.9. The topological polar surface area (TPSA) is 43.7 Å². The molecule has 0 radical (unpaired) electrons. The summed E-state index contributed by atoms with van der Waals surface area (Å²) in [5.74, 6) is 1.64. The Bertz CT molecular complexity index is 1080. The first-order valence-electron chi connectivity index (χ1n) is 9.56. The predicted molar refractivity (Wildman–Crippen MR) is 125 cm³/mol. The number of hydrogen-bond donors (Lipinski definition) is 0. The van der Waals surface area contributed by atoms with Gasteiger partial charge in [-0.1, -0.05) is 41.2 Å². The molecule has 0 N–H and O–H groups in total. The summed E-state index contributed by atoms with van der Waals surface area (Å²) in [6.45, 7) is 2.07.